The summed E-state index contributed by atoms with van der Waals surface area (Å²) in [4.78, 5) is 21.6. The SMILES string of the molecule is CC(C(=O)N1CCNCC1)N1CCN(CCN(C)C)CC1. The van der Waals surface area contributed by atoms with Gasteiger partial charge in [0.25, 0.3) is 0 Å². The summed E-state index contributed by atoms with van der Waals surface area (Å²) in [6, 6.07) is 0.0269. The summed E-state index contributed by atoms with van der Waals surface area (Å²) >= 11 is 0. The van der Waals surface area contributed by atoms with Crippen molar-refractivity contribution in [2.24, 2.45) is 0 Å². The fourth-order valence-electron chi connectivity index (χ4n) is 3.02. The number of nitrogens with one attached hydrogen (secondary N) is 1. The van der Waals surface area contributed by atoms with Crippen molar-refractivity contribution < 1.29 is 4.79 Å². The molecule has 21 heavy (non-hydrogen) atoms. The second-order valence-corrected chi connectivity index (χ2v) is 6.43. The van der Waals surface area contributed by atoms with E-state index in [-0.39, 0.29) is 6.04 Å². The number of rotatable bonds is 5. The number of carbonyl (C=O) groups is 1. The third-order valence-electron chi connectivity index (χ3n) is 4.60. The number of nitrogens with zero attached hydrogens (tertiary/aromatic N) is 4. The van der Waals surface area contributed by atoms with Gasteiger partial charge in [-0.3, -0.25) is 14.6 Å². The molecule has 6 nitrogen and oxygen atoms in total. The van der Waals surface area contributed by atoms with Crippen LogP contribution < -0.4 is 5.32 Å². The summed E-state index contributed by atoms with van der Waals surface area (Å²) < 4.78 is 0. The maximum absolute atomic E-state index is 12.5. The van der Waals surface area contributed by atoms with E-state index in [9.17, 15) is 4.79 Å². The third-order valence-corrected chi connectivity index (χ3v) is 4.60. The van der Waals surface area contributed by atoms with E-state index in [0.717, 1.165) is 65.4 Å². The zero-order chi connectivity index (χ0) is 15.2. The van der Waals surface area contributed by atoms with Crippen molar-refractivity contribution >= 4 is 5.91 Å². The van der Waals surface area contributed by atoms with Crippen molar-refractivity contribution in [3.05, 3.63) is 0 Å². The zero-order valence-corrected chi connectivity index (χ0v) is 13.8. The van der Waals surface area contributed by atoms with Crippen LogP contribution in [0.4, 0.5) is 0 Å². The van der Waals surface area contributed by atoms with Crippen LogP contribution in [0.2, 0.25) is 0 Å². The number of carbonyl (C=O) groups excluding carboxylic acids is 1. The number of hydrogen-bond acceptors (Lipinski definition) is 5. The molecular formula is C15H31N5O. The molecule has 0 aromatic carbocycles. The normalized spacial score (nSPS) is 23.5. The lowest BCUT2D eigenvalue weighted by Crippen LogP contribution is -2.57. The number of amides is 1. The van der Waals surface area contributed by atoms with Gasteiger partial charge in [-0.25, -0.2) is 0 Å². The minimum Gasteiger partial charge on any atom is -0.339 e. The van der Waals surface area contributed by atoms with E-state index < -0.39 is 0 Å². The van der Waals surface area contributed by atoms with E-state index in [0.29, 0.717) is 5.91 Å². The van der Waals surface area contributed by atoms with Gasteiger partial charge in [0.2, 0.25) is 5.91 Å². The van der Waals surface area contributed by atoms with Crippen molar-refractivity contribution in [1.82, 2.24) is 24.9 Å². The van der Waals surface area contributed by atoms with E-state index in [1.807, 2.05) is 4.90 Å². The molecule has 122 valence electrons. The molecule has 1 N–H and O–H groups in total. The Morgan fingerprint density at radius 2 is 1.71 bits per heavy atom. The van der Waals surface area contributed by atoms with Gasteiger partial charge in [-0.2, -0.15) is 0 Å². The molecule has 2 saturated heterocycles. The second kappa shape index (κ2) is 8.08. The van der Waals surface area contributed by atoms with Gasteiger partial charge in [-0.05, 0) is 21.0 Å². The topological polar surface area (TPSA) is 42.1 Å². The number of hydrogen-bond donors (Lipinski definition) is 1. The van der Waals surface area contributed by atoms with Crippen LogP contribution in [-0.2, 0) is 4.79 Å². The first kappa shape index (κ1) is 16.7. The van der Waals surface area contributed by atoms with Gasteiger partial charge in [-0.1, -0.05) is 0 Å². The maximum atomic E-state index is 12.5. The molecule has 0 spiro atoms. The minimum atomic E-state index is 0.0269. The fraction of sp³-hybridized carbons (Fsp3) is 0.933. The molecule has 1 atom stereocenters. The van der Waals surface area contributed by atoms with Crippen LogP contribution in [-0.4, -0.2) is 111 Å². The van der Waals surface area contributed by atoms with E-state index in [1.54, 1.807) is 0 Å². The summed E-state index contributed by atoms with van der Waals surface area (Å²) in [5.41, 5.74) is 0. The summed E-state index contributed by atoms with van der Waals surface area (Å²) in [5.74, 6) is 0.304. The van der Waals surface area contributed by atoms with Crippen LogP contribution in [0.25, 0.3) is 0 Å². The second-order valence-electron chi connectivity index (χ2n) is 6.43. The van der Waals surface area contributed by atoms with E-state index >= 15 is 0 Å². The van der Waals surface area contributed by atoms with Crippen molar-refractivity contribution in [2.45, 2.75) is 13.0 Å². The van der Waals surface area contributed by atoms with Crippen LogP contribution in [0.1, 0.15) is 6.92 Å². The molecular weight excluding hydrogens is 266 g/mol. The van der Waals surface area contributed by atoms with Crippen molar-refractivity contribution in [2.75, 3.05) is 79.5 Å². The maximum Gasteiger partial charge on any atom is 0.239 e. The quantitative estimate of drug-likeness (QED) is 0.704. The number of piperazine rings is 2. The average Bonchev–Trinajstić information content (AvgIpc) is 2.53. The first-order chi connectivity index (χ1) is 10.1. The molecule has 0 radical (unpaired) electrons. The lowest BCUT2D eigenvalue weighted by molar-refractivity contribution is -0.137. The molecule has 0 aliphatic carbocycles. The van der Waals surface area contributed by atoms with Crippen molar-refractivity contribution in [1.29, 1.82) is 0 Å². The average molecular weight is 297 g/mol. The van der Waals surface area contributed by atoms with Crippen LogP contribution in [0, 0.1) is 0 Å². The summed E-state index contributed by atoms with van der Waals surface area (Å²) in [7, 11) is 4.23. The highest BCUT2D eigenvalue weighted by atomic mass is 16.2. The van der Waals surface area contributed by atoms with Gasteiger partial charge in [-0.15, -0.1) is 0 Å². The van der Waals surface area contributed by atoms with Gasteiger partial charge < -0.3 is 15.1 Å². The smallest absolute Gasteiger partial charge is 0.239 e. The summed E-state index contributed by atoms with van der Waals surface area (Å²) in [6.07, 6.45) is 0. The van der Waals surface area contributed by atoms with Crippen LogP contribution in [0.15, 0.2) is 0 Å². The third kappa shape index (κ3) is 4.92. The molecule has 2 rings (SSSR count). The monoisotopic (exact) mass is 297 g/mol. The Morgan fingerprint density at radius 1 is 1.10 bits per heavy atom. The highest BCUT2D eigenvalue weighted by molar-refractivity contribution is 5.81. The van der Waals surface area contributed by atoms with Gasteiger partial charge in [0.1, 0.15) is 0 Å². The van der Waals surface area contributed by atoms with Gasteiger partial charge >= 0.3 is 0 Å². The molecule has 0 aromatic heterocycles. The van der Waals surface area contributed by atoms with Crippen LogP contribution in [0.5, 0.6) is 0 Å². The largest absolute Gasteiger partial charge is 0.339 e. The molecule has 6 heteroatoms. The van der Waals surface area contributed by atoms with E-state index in [1.165, 1.54) is 0 Å². The zero-order valence-electron chi connectivity index (χ0n) is 13.8. The Kier molecular flexibility index (Phi) is 6.41. The van der Waals surface area contributed by atoms with Gasteiger partial charge in [0.15, 0.2) is 0 Å². The molecule has 0 aromatic rings. The molecule has 0 bridgehead atoms. The standard InChI is InChI=1S/C15H31N5O/c1-14(15(21)20-6-4-16-5-7-20)19-12-10-18(11-13-19)9-8-17(2)3/h14,16H,4-13H2,1-3H3. The van der Waals surface area contributed by atoms with E-state index in [4.69, 9.17) is 0 Å². The predicted octanol–water partition coefficient (Wildman–Crippen LogP) is -1.01. The molecule has 2 fully saturated rings. The molecule has 1 amide bonds. The minimum absolute atomic E-state index is 0.0269. The Labute approximate surface area is 129 Å². The summed E-state index contributed by atoms with van der Waals surface area (Å²) in [6.45, 7) is 12.0. The summed E-state index contributed by atoms with van der Waals surface area (Å²) in [5, 5.41) is 3.30. The molecule has 2 aliphatic heterocycles. The Bertz CT molecular complexity index is 322. The first-order valence-corrected chi connectivity index (χ1v) is 8.18. The van der Waals surface area contributed by atoms with Crippen molar-refractivity contribution in [3.8, 4) is 0 Å². The van der Waals surface area contributed by atoms with Crippen LogP contribution in [0.3, 0.4) is 0 Å². The molecule has 2 heterocycles. The lowest BCUT2D eigenvalue weighted by Gasteiger charge is -2.39. The van der Waals surface area contributed by atoms with Gasteiger partial charge in [0.05, 0.1) is 6.04 Å². The predicted molar refractivity (Wildman–Crippen MR) is 85.5 cm³/mol. The fourth-order valence-corrected chi connectivity index (χ4v) is 3.02. The Morgan fingerprint density at radius 3 is 2.29 bits per heavy atom. The highest BCUT2D eigenvalue weighted by Crippen LogP contribution is 2.09. The highest BCUT2D eigenvalue weighted by Gasteiger charge is 2.29. The first-order valence-electron chi connectivity index (χ1n) is 8.18. The Balaban J connectivity index is 1.74. The molecule has 0 saturated carbocycles. The van der Waals surface area contributed by atoms with Crippen LogP contribution >= 0.6 is 0 Å². The van der Waals surface area contributed by atoms with E-state index in [2.05, 4.69) is 41.0 Å². The molecule has 2 aliphatic rings. The van der Waals surface area contributed by atoms with Crippen molar-refractivity contribution in [3.63, 3.8) is 0 Å². The lowest BCUT2D eigenvalue weighted by atomic mass is 10.2. The molecule has 1 unspecified atom stereocenters. The number of likely N-dealkylation sites (N-methyl/N-ethyl adjacent to an activating group) is 1. The Hall–Kier alpha value is -0.690. The van der Waals surface area contributed by atoms with Gasteiger partial charge in [0, 0.05) is 65.4 Å².